The highest BCUT2D eigenvalue weighted by Crippen LogP contribution is 2.28. The van der Waals surface area contributed by atoms with E-state index in [1.807, 2.05) is 7.05 Å². The molecule has 17 heavy (non-hydrogen) atoms. The summed E-state index contributed by atoms with van der Waals surface area (Å²) >= 11 is 0. The summed E-state index contributed by atoms with van der Waals surface area (Å²) in [5, 5.41) is 3.18. The van der Waals surface area contributed by atoms with E-state index in [0.29, 0.717) is 5.92 Å². The molecule has 1 aliphatic rings. The van der Waals surface area contributed by atoms with E-state index in [2.05, 4.69) is 23.9 Å². The van der Waals surface area contributed by atoms with Gasteiger partial charge in [-0.2, -0.15) is 0 Å². The molecule has 4 nitrogen and oxygen atoms in total. The first-order valence-corrected chi connectivity index (χ1v) is 6.48. The zero-order valence-corrected chi connectivity index (χ0v) is 11.1. The van der Waals surface area contributed by atoms with Crippen molar-refractivity contribution in [1.29, 1.82) is 0 Å². The number of nitrogens with one attached hydrogen (secondary N) is 1. The molecule has 1 aromatic rings. The summed E-state index contributed by atoms with van der Waals surface area (Å²) in [6.07, 6.45) is 3.23. The van der Waals surface area contributed by atoms with Gasteiger partial charge in [0.05, 0.1) is 5.69 Å². The largest absolute Gasteiger partial charge is 0.381 e. The Morgan fingerprint density at radius 1 is 1.41 bits per heavy atom. The van der Waals surface area contributed by atoms with Crippen LogP contribution in [0.3, 0.4) is 0 Å². The maximum atomic E-state index is 5.42. The van der Waals surface area contributed by atoms with Gasteiger partial charge in [0.15, 0.2) is 0 Å². The van der Waals surface area contributed by atoms with E-state index >= 15 is 0 Å². The molecule has 1 saturated heterocycles. The molecule has 4 heteroatoms. The standard InChI is InChI=1S/C13H23N3O/c1-10-13(11-5-8-17-9-6-11)15-12(16(10)3)4-7-14-2/h11,14H,4-9H2,1-3H3. The Bertz CT molecular complexity index is 367. The summed E-state index contributed by atoms with van der Waals surface area (Å²) in [5.74, 6) is 1.79. The van der Waals surface area contributed by atoms with Crippen molar-refractivity contribution in [3.63, 3.8) is 0 Å². The first kappa shape index (κ1) is 12.6. The van der Waals surface area contributed by atoms with E-state index in [-0.39, 0.29) is 0 Å². The third-order valence-corrected chi connectivity index (χ3v) is 3.72. The number of likely N-dealkylation sites (N-methyl/N-ethyl adjacent to an activating group) is 1. The normalized spacial score (nSPS) is 17.6. The lowest BCUT2D eigenvalue weighted by Crippen LogP contribution is -2.15. The molecule has 0 radical (unpaired) electrons. The predicted octanol–water partition coefficient (Wildman–Crippen LogP) is 1.38. The fourth-order valence-electron chi connectivity index (χ4n) is 2.48. The molecule has 2 heterocycles. The van der Waals surface area contributed by atoms with Crippen LogP contribution in [0.2, 0.25) is 0 Å². The second-order valence-electron chi connectivity index (χ2n) is 4.80. The van der Waals surface area contributed by atoms with Crippen LogP contribution in [0.4, 0.5) is 0 Å². The van der Waals surface area contributed by atoms with Gasteiger partial charge >= 0.3 is 0 Å². The van der Waals surface area contributed by atoms with Gasteiger partial charge in [0.2, 0.25) is 0 Å². The Morgan fingerprint density at radius 2 is 2.12 bits per heavy atom. The maximum absolute atomic E-state index is 5.42. The zero-order valence-electron chi connectivity index (χ0n) is 11.1. The minimum atomic E-state index is 0.596. The first-order chi connectivity index (χ1) is 8.24. The molecule has 0 spiro atoms. The molecule has 0 aromatic carbocycles. The Balaban J connectivity index is 2.16. The first-order valence-electron chi connectivity index (χ1n) is 6.48. The lowest BCUT2D eigenvalue weighted by atomic mass is 9.95. The number of imidazole rings is 1. The van der Waals surface area contributed by atoms with Gasteiger partial charge in [-0.25, -0.2) is 4.98 Å². The van der Waals surface area contributed by atoms with Crippen LogP contribution >= 0.6 is 0 Å². The Morgan fingerprint density at radius 3 is 2.76 bits per heavy atom. The minimum Gasteiger partial charge on any atom is -0.381 e. The lowest BCUT2D eigenvalue weighted by molar-refractivity contribution is 0.0844. The Labute approximate surface area is 103 Å². The molecule has 0 atom stereocenters. The van der Waals surface area contributed by atoms with E-state index in [1.54, 1.807) is 0 Å². The number of ether oxygens (including phenoxy) is 1. The zero-order chi connectivity index (χ0) is 12.3. The van der Waals surface area contributed by atoms with Crippen molar-refractivity contribution in [2.45, 2.75) is 32.1 Å². The summed E-state index contributed by atoms with van der Waals surface area (Å²) in [6.45, 7) is 4.93. The Kier molecular flexibility index (Phi) is 4.18. The van der Waals surface area contributed by atoms with Crippen LogP contribution in [-0.2, 0) is 18.2 Å². The van der Waals surface area contributed by atoms with Gasteiger partial charge < -0.3 is 14.6 Å². The van der Waals surface area contributed by atoms with Crippen LogP contribution < -0.4 is 5.32 Å². The number of rotatable bonds is 4. The van der Waals surface area contributed by atoms with Crippen LogP contribution in [0.25, 0.3) is 0 Å². The fourth-order valence-corrected chi connectivity index (χ4v) is 2.48. The molecule has 1 N–H and O–H groups in total. The van der Waals surface area contributed by atoms with Crippen molar-refractivity contribution >= 4 is 0 Å². The van der Waals surface area contributed by atoms with Gasteiger partial charge in [-0.3, -0.25) is 0 Å². The van der Waals surface area contributed by atoms with Gasteiger partial charge in [-0.1, -0.05) is 0 Å². The summed E-state index contributed by atoms with van der Waals surface area (Å²) in [6, 6.07) is 0. The summed E-state index contributed by atoms with van der Waals surface area (Å²) in [4.78, 5) is 4.84. The highest BCUT2D eigenvalue weighted by Gasteiger charge is 2.22. The average Bonchev–Trinajstić information content (AvgIpc) is 2.65. The Hall–Kier alpha value is -0.870. The van der Waals surface area contributed by atoms with Gasteiger partial charge in [-0.15, -0.1) is 0 Å². The fraction of sp³-hybridized carbons (Fsp3) is 0.769. The van der Waals surface area contributed by atoms with Crippen LogP contribution in [0.5, 0.6) is 0 Å². The minimum absolute atomic E-state index is 0.596. The van der Waals surface area contributed by atoms with Gasteiger partial charge in [0, 0.05) is 44.8 Å². The predicted molar refractivity (Wildman–Crippen MR) is 68.4 cm³/mol. The molecule has 1 aliphatic heterocycles. The van der Waals surface area contributed by atoms with Crippen molar-refractivity contribution in [2.75, 3.05) is 26.8 Å². The van der Waals surface area contributed by atoms with Crippen LogP contribution in [0.1, 0.15) is 36.0 Å². The highest BCUT2D eigenvalue weighted by molar-refractivity contribution is 5.20. The van der Waals surface area contributed by atoms with Crippen molar-refractivity contribution in [2.24, 2.45) is 7.05 Å². The molecule has 2 rings (SSSR count). The summed E-state index contributed by atoms with van der Waals surface area (Å²) < 4.78 is 7.66. The van der Waals surface area contributed by atoms with Gasteiger partial charge in [0.25, 0.3) is 0 Å². The van der Waals surface area contributed by atoms with Crippen LogP contribution in [-0.4, -0.2) is 36.4 Å². The summed E-state index contributed by atoms with van der Waals surface area (Å²) in [5.41, 5.74) is 2.62. The molecule has 96 valence electrons. The highest BCUT2D eigenvalue weighted by atomic mass is 16.5. The number of hydrogen-bond acceptors (Lipinski definition) is 3. The number of aromatic nitrogens is 2. The smallest absolute Gasteiger partial charge is 0.110 e. The van der Waals surface area contributed by atoms with Crippen molar-refractivity contribution in [3.8, 4) is 0 Å². The van der Waals surface area contributed by atoms with E-state index in [1.165, 1.54) is 17.2 Å². The molecular weight excluding hydrogens is 214 g/mol. The third-order valence-electron chi connectivity index (χ3n) is 3.72. The molecule has 0 amide bonds. The summed E-state index contributed by atoms with van der Waals surface area (Å²) in [7, 11) is 4.10. The maximum Gasteiger partial charge on any atom is 0.110 e. The second-order valence-corrected chi connectivity index (χ2v) is 4.80. The molecule has 0 saturated carbocycles. The van der Waals surface area contributed by atoms with E-state index in [0.717, 1.165) is 39.0 Å². The van der Waals surface area contributed by atoms with Gasteiger partial charge in [-0.05, 0) is 26.8 Å². The van der Waals surface area contributed by atoms with Gasteiger partial charge in [0.1, 0.15) is 5.82 Å². The lowest BCUT2D eigenvalue weighted by Gasteiger charge is -2.21. The molecule has 0 unspecified atom stereocenters. The monoisotopic (exact) mass is 237 g/mol. The average molecular weight is 237 g/mol. The quantitative estimate of drug-likeness (QED) is 0.860. The van der Waals surface area contributed by atoms with Crippen molar-refractivity contribution < 1.29 is 4.74 Å². The van der Waals surface area contributed by atoms with Crippen LogP contribution in [0, 0.1) is 6.92 Å². The molecular formula is C13H23N3O. The van der Waals surface area contributed by atoms with E-state index in [9.17, 15) is 0 Å². The molecule has 0 aliphatic carbocycles. The number of nitrogens with zero attached hydrogens (tertiary/aromatic N) is 2. The van der Waals surface area contributed by atoms with Crippen LogP contribution in [0.15, 0.2) is 0 Å². The SMILES string of the molecule is CNCCc1nc(C2CCOCC2)c(C)n1C. The molecule has 1 fully saturated rings. The van der Waals surface area contributed by atoms with Crippen molar-refractivity contribution in [3.05, 3.63) is 17.2 Å². The van der Waals surface area contributed by atoms with Crippen molar-refractivity contribution in [1.82, 2.24) is 14.9 Å². The third kappa shape index (κ3) is 2.69. The molecule has 0 bridgehead atoms. The molecule has 1 aromatic heterocycles. The number of hydrogen-bond donors (Lipinski definition) is 1. The topological polar surface area (TPSA) is 39.1 Å². The van der Waals surface area contributed by atoms with E-state index < -0.39 is 0 Å². The van der Waals surface area contributed by atoms with E-state index in [4.69, 9.17) is 9.72 Å². The second kappa shape index (κ2) is 5.65.